The maximum atomic E-state index is 8.25. The largest absolute Gasteiger partial charge is 4.00 e. The molecule has 0 rings (SSSR count). The first-order chi connectivity index (χ1) is 10.4. The zero-order chi connectivity index (χ0) is 21.5. The van der Waals surface area contributed by atoms with Gasteiger partial charge in [0.2, 0.25) is 0 Å². The van der Waals surface area contributed by atoms with E-state index in [2.05, 4.69) is 0 Å². The first kappa shape index (κ1) is 49.5. The number of hydrogen-bond donors (Lipinski definition) is 0. The Morgan fingerprint density at radius 1 is 0.308 bits per heavy atom. The predicted molar refractivity (Wildman–Crippen MR) is 65.4 cm³/mol. The van der Waals surface area contributed by atoms with Crippen molar-refractivity contribution in [3.8, 4) is 0 Å². The Morgan fingerprint density at radius 3 is 0.308 bits per heavy atom. The fourth-order valence-electron chi connectivity index (χ4n) is 0. The zero-order valence-corrected chi connectivity index (χ0v) is 12.0. The van der Waals surface area contributed by atoms with Crippen molar-refractivity contribution in [1.82, 2.24) is 0 Å². The van der Waals surface area contributed by atoms with Crippen LogP contribution in [0.5, 0.6) is 0 Å². The van der Waals surface area contributed by atoms with E-state index >= 15 is 0 Å². The molecule has 0 unspecified atom stereocenters. The van der Waals surface area contributed by atoms with Crippen molar-refractivity contribution < 1.29 is 47.6 Å². The van der Waals surface area contributed by atoms with E-state index in [0.717, 1.165) is 0 Å². The van der Waals surface area contributed by atoms with Crippen molar-refractivity contribution in [2.45, 2.75) is 0 Å². The zero-order valence-electron chi connectivity index (χ0n) is 10.9. The third-order valence-electron chi connectivity index (χ3n) is 0. The maximum absolute atomic E-state index is 8.25. The molecule has 0 aliphatic heterocycles. The van der Waals surface area contributed by atoms with Gasteiger partial charge in [0.25, 0.3) is 0 Å². The van der Waals surface area contributed by atoms with Gasteiger partial charge in [-0.3, -0.25) is 0 Å². The quantitative estimate of drug-likeness (QED) is 0.238. The number of hydrogen-bond acceptors (Lipinski definition) is 18. The molecule has 0 aromatic carbocycles. The molecule has 0 aliphatic rings. The number of nitrogens with zero attached hydrogens (tertiary/aromatic N) is 6. The molecule has 0 heterocycles. The monoisotopic (exact) mass is 440 g/mol. The summed E-state index contributed by atoms with van der Waals surface area (Å²) in [4.78, 5) is 49.5. The summed E-state index contributed by atoms with van der Waals surface area (Å²) in [6.07, 6.45) is 0. The smallest absolute Gasteiger partial charge is 0.356 e. The first-order valence-corrected chi connectivity index (χ1v) is 3.29. The third-order valence-corrected chi connectivity index (χ3v) is 0. The van der Waals surface area contributed by atoms with Crippen LogP contribution in [0, 0.1) is 99.4 Å². The second-order valence-electron chi connectivity index (χ2n) is 1.34. The SMILES string of the molecule is O=[N+]([O-])[O-].O=[N+]([O-])[O-].O=[N+]([O-])[O-].O=[N+]([O-])[O-].O=[N+]([O-])[O-].O=[N+]([O-])[O-].[C+4].[Fe+2]. The summed E-state index contributed by atoms with van der Waals surface area (Å²) >= 11 is 0. The average Bonchev–Trinajstić information content (AvgIpc) is 2.08. The van der Waals surface area contributed by atoms with Gasteiger partial charge in [-0.05, 0) is 0 Å². The van der Waals surface area contributed by atoms with Gasteiger partial charge in [0, 0.05) is 0 Å². The van der Waals surface area contributed by atoms with Crippen LogP contribution in [-0.2, 0) is 17.1 Å². The van der Waals surface area contributed by atoms with Gasteiger partial charge < -0.3 is 91.9 Å². The molecule has 0 bridgehead atoms. The van der Waals surface area contributed by atoms with E-state index in [1.165, 1.54) is 0 Å². The molecule has 24 nitrogen and oxygen atoms in total. The van der Waals surface area contributed by atoms with E-state index in [4.69, 9.17) is 91.9 Å². The maximum Gasteiger partial charge on any atom is 4.00 e. The molecule has 0 fully saturated rings. The Hall–Kier alpha value is -4.28. The third kappa shape index (κ3) is 377. The van der Waals surface area contributed by atoms with Gasteiger partial charge in [0.15, 0.2) is 0 Å². The van der Waals surface area contributed by atoms with E-state index in [1.54, 1.807) is 0 Å². The summed E-state index contributed by atoms with van der Waals surface area (Å²) in [6.45, 7) is 0. The van der Waals surface area contributed by atoms with Crippen LogP contribution in [0.1, 0.15) is 0 Å². The van der Waals surface area contributed by atoms with Gasteiger partial charge >= 0.3 is 24.5 Å². The van der Waals surface area contributed by atoms with Gasteiger partial charge in [-0.25, -0.2) is 0 Å². The average molecular weight is 440 g/mol. The Bertz CT molecular complexity index is 263. The van der Waals surface area contributed by atoms with Gasteiger partial charge in [-0.15, -0.1) is 0 Å². The van der Waals surface area contributed by atoms with Crippen LogP contribution in [0.25, 0.3) is 0 Å². The topological polar surface area (TPSA) is 397 Å². The molecule has 25 heteroatoms. The Morgan fingerprint density at radius 2 is 0.308 bits per heavy atom. The summed E-state index contributed by atoms with van der Waals surface area (Å²) in [5.41, 5.74) is 0. The van der Waals surface area contributed by atoms with E-state index < -0.39 is 30.5 Å². The van der Waals surface area contributed by atoms with Gasteiger partial charge in [0.05, 0.1) is 30.5 Å². The first-order valence-electron chi connectivity index (χ1n) is 3.29. The molecule has 0 saturated heterocycles. The van der Waals surface area contributed by atoms with E-state index in [1.807, 2.05) is 0 Å². The molecular weight excluding hydrogens is 440 g/mol. The standard InChI is InChI=1S/C.Fe.6NO3/c;;6*2-1(3)4/q+4;+2;6*-1. The summed E-state index contributed by atoms with van der Waals surface area (Å²) < 4.78 is 0. The molecule has 0 aliphatic carbocycles. The number of rotatable bonds is 0. The van der Waals surface area contributed by atoms with Crippen LogP contribution in [0.3, 0.4) is 0 Å². The minimum Gasteiger partial charge on any atom is -0.356 e. The van der Waals surface area contributed by atoms with Crippen molar-refractivity contribution in [2.75, 3.05) is 0 Å². The second kappa shape index (κ2) is 42.8. The van der Waals surface area contributed by atoms with Crippen LogP contribution in [-0.4, -0.2) is 30.5 Å². The molecule has 0 atom stereocenters. The van der Waals surface area contributed by atoms with Crippen molar-refractivity contribution in [2.24, 2.45) is 0 Å². The normalized spacial score (nSPS) is 5.54. The minimum absolute atomic E-state index is 0. The molecule has 0 spiro atoms. The van der Waals surface area contributed by atoms with Crippen molar-refractivity contribution in [3.63, 3.8) is 0 Å². The van der Waals surface area contributed by atoms with Crippen molar-refractivity contribution in [1.29, 1.82) is 0 Å². The van der Waals surface area contributed by atoms with Gasteiger partial charge in [-0.1, -0.05) is 0 Å². The van der Waals surface area contributed by atoms with Gasteiger partial charge in [0.1, 0.15) is 0 Å². The molecular formula is CFeN6O18. The summed E-state index contributed by atoms with van der Waals surface area (Å²) in [6, 6.07) is 0. The minimum atomic E-state index is -1.75. The molecule has 0 N–H and O–H groups in total. The fraction of sp³-hybridized carbons (Fsp3) is 0. The van der Waals surface area contributed by atoms with E-state index in [9.17, 15) is 0 Å². The molecule has 0 aromatic heterocycles. The Kier molecular flexibility index (Phi) is 81.6. The predicted octanol–water partition coefficient (Wildman–Crippen LogP) is -1.36. The molecule has 0 radical (unpaired) electrons. The second-order valence-corrected chi connectivity index (χ2v) is 1.34. The van der Waals surface area contributed by atoms with Crippen LogP contribution in [0.15, 0.2) is 0 Å². The van der Waals surface area contributed by atoms with Crippen LogP contribution >= 0.6 is 0 Å². The van der Waals surface area contributed by atoms with Crippen LogP contribution in [0.4, 0.5) is 0 Å². The van der Waals surface area contributed by atoms with E-state index in [0.29, 0.717) is 0 Å². The summed E-state index contributed by atoms with van der Waals surface area (Å²) in [7, 11) is 0. The molecule has 0 aromatic rings. The molecule has 0 amide bonds. The fourth-order valence-corrected chi connectivity index (χ4v) is 0. The molecule has 26 heavy (non-hydrogen) atoms. The summed E-state index contributed by atoms with van der Waals surface area (Å²) in [5.74, 6) is 0. The van der Waals surface area contributed by atoms with Crippen molar-refractivity contribution in [3.05, 3.63) is 99.4 Å². The van der Waals surface area contributed by atoms with Crippen molar-refractivity contribution >= 4 is 0 Å². The Labute approximate surface area is 148 Å². The molecule has 150 valence electrons. The van der Waals surface area contributed by atoms with Crippen LogP contribution in [0.2, 0.25) is 0 Å². The van der Waals surface area contributed by atoms with Crippen LogP contribution < -0.4 is 0 Å². The van der Waals surface area contributed by atoms with E-state index in [-0.39, 0.29) is 24.5 Å². The Balaban J connectivity index is -0.0000000245. The van der Waals surface area contributed by atoms with Gasteiger partial charge in [-0.2, -0.15) is 0 Å². The molecule has 0 saturated carbocycles. The summed E-state index contributed by atoms with van der Waals surface area (Å²) in [5, 5.41) is 88.5.